The highest BCUT2D eigenvalue weighted by molar-refractivity contribution is 6.35. The third-order valence-electron chi connectivity index (χ3n) is 3.33. The highest BCUT2D eigenvalue weighted by Gasteiger charge is 2.29. The van der Waals surface area contributed by atoms with Gasteiger partial charge in [0.05, 0.1) is 23.5 Å². The molecule has 1 aromatic heterocycles. The Kier molecular flexibility index (Phi) is 5.01. The molecule has 0 unspecified atom stereocenters. The van der Waals surface area contributed by atoms with Gasteiger partial charge in [-0.05, 0) is 32.0 Å². The third kappa shape index (κ3) is 3.30. The molecule has 2 rings (SSSR count). The largest absolute Gasteiger partial charge is 0.464 e. The Labute approximate surface area is 147 Å². The number of aromatic nitrogens is 1. The standard InChI is InChI=1S/C16H14Cl2F2N2O2/c1-16(2,20)11-8(17)5-4-7(13(11)19)10-6-9(21)12(18)14(22-10)15(23)24-3/h4-6H,1-3H3,(H2,21,22). The molecule has 2 N–H and O–H groups in total. The van der Waals surface area contributed by atoms with Crippen LogP contribution < -0.4 is 5.73 Å². The normalized spacial score (nSPS) is 11.5. The van der Waals surface area contributed by atoms with Crippen molar-refractivity contribution < 1.29 is 18.3 Å². The van der Waals surface area contributed by atoms with E-state index in [1.807, 2.05) is 0 Å². The SMILES string of the molecule is COC(=O)c1nc(-c2ccc(Cl)c(C(C)(C)F)c2F)cc(N)c1Cl. The van der Waals surface area contributed by atoms with E-state index >= 15 is 0 Å². The van der Waals surface area contributed by atoms with E-state index in [4.69, 9.17) is 28.9 Å². The van der Waals surface area contributed by atoms with Gasteiger partial charge in [0.25, 0.3) is 0 Å². The smallest absolute Gasteiger partial charge is 0.358 e. The van der Waals surface area contributed by atoms with Crippen molar-refractivity contribution in [1.82, 2.24) is 4.98 Å². The van der Waals surface area contributed by atoms with Gasteiger partial charge in [0.1, 0.15) is 11.5 Å². The van der Waals surface area contributed by atoms with E-state index < -0.39 is 17.5 Å². The second-order valence-electron chi connectivity index (χ2n) is 5.51. The Morgan fingerprint density at radius 3 is 2.50 bits per heavy atom. The summed E-state index contributed by atoms with van der Waals surface area (Å²) in [6.45, 7) is 2.37. The van der Waals surface area contributed by atoms with E-state index in [9.17, 15) is 13.6 Å². The molecule has 0 radical (unpaired) electrons. The number of carbonyl (C=O) groups is 1. The molecule has 0 saturated heterocycles. The van der Waals surface area contributed by atoms with Crippen molar-refractivity contribution in [3.63, 3.8) is 0 Å². The first kappa shape index (κ1) is 18.4. The Balaban J connectivity index is 2.74. The average Bonchev–Trinajstić information content (AvgIpc) is 2.48. The first-order valence-electron chi connectivity index (χ1n) is 6.80. The fourth-order valence-corrected chi connectivity index (χ4v) is 2.76. The van der Waals surface area contributed by atoms with Crippen LogP contribution >= 0.6 is 23.2 Å². The zero-order chi connectivity index (χ0) is 18.2. The van der Waals surface area contributed by atoms with Crippen molar-refractivity contribution in [1.29, 1.82) is 0 Å². The van der Waals surface area contributed by atoms with Crippen molar-refractivity contribution in [3.8, 4) is 11.3 Å². The second-order valence-corrected chi connectivity index (χ2v) is 6.29. The van der Waals surface area contributed by atoms with Gasteiger partial charge in [-0.3, -0.25) is 0 Å². The van der Waals surface area contributed by atoms with Gasteiger partial charge < -0.3 is 10.5 Å². The van der Waals surface area contributed by atoms with Gasteiger partial charge in [-0.2, -0.15) is 0 Å². The number of alkyl halides is 1. The number of esters is 1. The van der Waals surface area contributed by atoms with Crippen molar-refractivity contribution in [2.45, 2.75) is 19.5 Å². The molecule has 1 aromatic carbocycles. The predicted octanol–water partition coefficient (Wildman–Crippen LogP) is 4.77. The molecule has 4 nitrogen and oxygen atoms in total. The second kappa shape index (κ2) is 6.53. The fourth-order valence-electron chi connectivity index (χ4n) is 2.21. The minimum absolute atomic E-state index is 0.0111. The van der Waals surface area contributed by atoms with Crippen molar-refractivity contribution in [2.24, 2.45) is 0 Å². The van der Waals surface area contributed by atoms with Crippen LogP contribution in [-0.4, -0.2) is 18.1 Å². The molecule has 0 aliphatic heterocycles. The summed E-state index contributed by atoms with van der Waals surface area (Å²) in [5.74, 6) is -1.71. The molecule has 0 aliphatic carbocycles. The van der Waals surface area contributed by atoms with Gasteiger partial charge in [-0.15, -0.1) is 0 Å². The number of rotatable bonds is 3. The number of anilines is 1. The maximum Gasteiger partial charge on any atom is 0.358 e. The summed E-state index contributed by atoms with van der Waals surface area (Å²) in [6, 6.07) is 3.96. The van der Waals surface area contributed by atoms with Crippen LogP contribution in [0.25, 0.3) is 11.3 Å². The van der Waals surface area contributed by atoms with Crippen molar-refractivity contribution in [3.05, 3.63) is 45.3 Å². The van der Waals surface area contributed by atoms with Gasteiger partial charge in [-0.25, -0.2) is 18.6 Å². The number of nitrogen functional groups attached to an aromatic ring is 1. The van der Waals surface area contributed by atoms with Crippen LogP contribution in [0.15, 0.2) is 18.2 Å². The number of hydrogen-bond donors (Lipinski definition) is 1. The summed E-state index contributed by atoms with van der Waals surface area (Å²) < 4.78 is 33.7. The number of halogens is 4. The summed E-state index contributed by atoms with van der Waals surface area (Å²) in [6.07, 6.45) is 0. The van der Waals surface area contributed by atoms with E-state index in [0.717, 1.165) is 7.11 Å². The van der Waals surface area contributed by atoms with Crippen molar-refractivity contribution >= 4 is 34.9 Å². The summed E-state index contributed by atoms with van der Waals surface area (Å²) in [7, 11) is 1.15. The molecule has 0 atom stereocenters. The molecule has 0 saturated carbocycles. The fraction of sp³-hybridized carbons (Fsp3) is 0.250. The van der Waals surface area contributed by atoms with Crippen LogP contribution in [0.2, 0.25) is 10.0 Å². The summed E-state index contributed by atoms with van der Waals surface area (Å²) in [5.41, 5.74) is 3.13. The first-order chi connectivity index (χ1) is 11.1. The Bertz CT molecular complexity index is 821. The molecule has 128 valence electrons. The lowest BCUT2D eigenvalue weighted by atomic mass is 9.95. The molecule has 0 amide bonds. The minimum Gasteiger partial charge on any atom is -0.464 e. The third-order valence-corrected chi connectivity index (χ3v) is 4.04. The highest BCUT2D eigenvalue weighted by atomic mass is 35.5. The predicted molar refractivity (Wildman–Crippen MR) is 89.5 cm³/mol. The zero-order valence-electron chi connectivity index (χ0n) is 13.1. The van der Waals surface area contributed by atoms with Crippen LogP contribution in [0.3, 0.4) is 0 Å². The van der Waals surface area contributed by atoms with Crippen LogP contribution in [0.1, 0.15) is 29.9 Å². The van der Waals surface area contributed by atoms with Crippen molar-refractivity contribution in [2.75, 3.05) is 12.8 Å². The van der Waals surface area contributed by atoms with Gasteiger partial charge in [-0.1, -0.05) is 23.2 Å². The molecule has 2 aromatic rings. The minimum atomic E-state index is -2.01. The number of nitrogens with zero attached hydrogens (tertiary/aromatic N) is 1. The summed E-state index contributed by atoms with van der Waals surface area (Å²) in [5, 5.41) is -0.162. The molecular weight excluding hydrogens is 361 g/mol. The van der Waals surface area contributed by atoms with E-state index in [-0.39, 0.29) is 38.2 Å². The quantitative estimate of drug-likeness (QED) is 0.785. The molecular formula is C16H14Cl2F2N2O2. The van der Waals surface area contributed by atoms with Gasteiger partial charge in [0.15, 0.2) is 5.69 Å². The van der Waals surface area contributed by atoms with Gasteiger partial charge in [0.2, 0.25) is 0 Å². The maximum absolute atomic E-state index is 14.8. The molecule has 8 heteroatoms. The zero-order valence-corrected chi connectivity index (χ0v) is 14.6. The maximum atomic E-state index is 14.8. The lowest BCUT2D eigenvalue weighted by molar-refractivity contribution is 0.0594. The van der Waals surface area contributed by atoms with Crippen LogP contribution in [-0.2, 0) is 10.4 Å². The number of methoxy groups -OCH3 is 1. The molecule has 0 spiro atoms. The molecule has 1 heterocycles. The topological polar surface area (TPSA) is 65.2 Å². The summed E-state index contributed by atoms with van der Waals surface area (Å²) >= 11 is 11.8. The average molecular weight is 375 g/mol. The number of ether oxygens (including phenoxy) is 1. The van der Waals surface area contributed by atoms with Gasteiger partial charge >= 0.3 is 5.97 Å². The molecule has 0 aliphatic rings. The van der Waals surface area contributed by atoms with E-state index in [1.54, 1.807) is 0 Å². The first-order valence-corrected chi connectivity index (χ1v) is 7.55. The monoisotopic (exact) mass is 374 g/mol. The van der Waals surface area contributed by atoms with Gasteiger partial charge in [0, 0.05) is 16.1 Å². The number of carbonyl (C=O) groups excluding carboxylic acids is 1. The number of nitrogens with two attached hydrogens (primary N) is 1. The molecule has 0 fully saturated rings. The Morgan fingerprint density at radius 1 is 1.33 bits per heavy atom. The van der Waals surface area contributed by atoms with Crippen LogP contribution in [0.5, 0.6) is 0 Å². The number of hydrogen-bond acceptors (Lipinski definition) is 4. The number of pyridine rings is 1. The summed E-state index contributed by atoms with van der Waals surface area (Å²) in [4.78, 5) is 15.7. The number of benzene rings is 1. The molecule has 0 bridgehead atoms. The lowest BCUT2D eigenvalue weighted by Gasteiger charge is -2.19. The lowest BCUT2D eigenvalue weighted by Crippen LogP contribution is -2.14. The van der Waals surface area contributed by atoms with E-state index in [2.05, 4.69) is 9.72 Å². The Morgan fingerprint density at radius 2 is 1.96 bits per heavy atom. The highest BCUT2D eigenvalue weighted by Crippen LogP contribution is 2.38. The van der Waals surface area contributed by atoms with E-state index in [0.29, 0.717) is 0 Å². The van der Waals surface area contributed by atoms with Crippen LogP contribution in [0, 0.1) is 5.82 Å². The Hall–Kier alpha value is -1.92. The van der Waals surface area contributed by atoms with E-state index in [1.165, 1.54) is 32.0 Å². The van der Waals surface area contributed by atoms with Crippen LogP contribution in [0.4, 0.5) is 14.5 Å². The molecule has 24 heavy (non-hydrogen) atoms.